The Labute approximate surface area is 170 Å². The van der Waals surface area contributed by atoms with E-state index < -0.39 is 27.4 Å². The second-order valence-electron chi connectivity index (χ2n) is 5.48. The normalized spacial score (nSPS) is 11.4. The molecule has 0 saturated heterocycles. The van der Waals surface area contributed by atoms with Crippen LogP contribution in [0.4, 0.5) is 11.4 Å². The van der Waals surface area contributed by atoms with E-state index in [-0.39, 0.29) is 21.4 Å². The second kappa shape index (κ2) is 9.00. The lowest BCUT2D eigenvalue weighted by molar-refractivity contribution is -0.384. The van der Waals surface area contributed by atoms with E-state index in [2.05, 4.69) is 10.5 Å². The molecule has 1 amide bonds. The molecule has 0 aliphatic heterocycles. The van der Waals surface area contributed by atoms with Gasteiger partial charge in [-0.25, -0.2) is 13.8 Å². The van der Waals surface area contributed by atoms with Gasteiger partial charge in [0.15, 0.2) is 0 Å². The molecule has 9 nitrogen and oxygen atoms in total. The molecule has 0 aliphatic rings. The number of nitrogens with one attached hydrogen (secondary N) is 1. The van der Waals surface area contributed by atoms with E-state index in [0.717, 1.165) is 10.6 Å². The molecule has 0 saturated carbocycles. The number of sulfonamides is 1. The van der Waals surface area contributed by atoms with Crippen LogP contribution in [0.3, 0.4) is 0 Å². The van der Waals surface area contributed by atoms with Gasteiger partial charge in [0.2, 0.25) is 10.0 Å². The minimum atomic E-state index is -3.83. The summed E-state index contributed by atoms with van der Waals surface area (Å²) in [7, 11) is -3.83. The Bertz CT molecular complexity index is 1030. The summed E-state index contributed by atoms with van der Waals surface area (Å²) >= 11 is 12.0. The van der Waals surface area contributed by atoms with E-state index in [0.29, 0.717) is 5.56 Å². The lowest BCUT2D eigenvalue weighted by Crippen LogP contribution is -2.39. The van der Waals surface area contributed by atoms with Crippen molar-refractivity contribution in [3.8, 4) is 0 Å². The zero-order chi connectivity index (χ0) is 20.9. The van der Waals surface area contributed by atoms with Crippen molar-refractivity contribution in [3.05, 3.63) is 68.2 Å². The largest absolute Gasteiger partial charge is 0.271 e. The lowest BCUT2D eigenvalue weighted by Gasteiger charge is -2.22. The molecule has 0 spiro atoms. The van der Waals surface area contributed by atoms with Gasteiger partial charge in [0, 0.05) is 12.1 Å². The Balaban J connectivity index is 2.10. The zero-order valence-corrected chi connectivity index (χ0v) is 16.7. The van der Waals surface area contributed by atoms with Gasteiger partial charge in [-0.1, -0.05) is 29.3 Å². The maximum Gasteiger partial charge on any atom is 0.269 e. The molecule has 0 atom stereocenters. The smallest absolute Gasteiger partial charge is 0.269 e. The standard InChI is InChI=1S/C16H14Cl2N4O5S/c1-28(26,27)21(14-4-2-3-13(17)16(14)18)10-15(23)20-19-9-11-5-7-12(8-6-11)22(24)25/h2-9H,10H2,1H3,(H,20,23)/b19-9-. The Hall–Kier alpha value is -2.69. The first-order valence-corrected chi connectivity index (χ1v) is 10.2. The van der Waals surface area contributed by atoms with E-state index in [9.17, 15) is 23.3 Å². The number of carbonyl (C=O) groups is 1. The number of hydrazone groups is 1. The minimum Gasteiger partial charge on any atom is -0.271 e. The summed E-state index contributed by atoms with van der Waals surface area (Å²) < 4.78 is 24.9. The SMILES string of the molecule is CS(=O)(=O)N(CC(=O)N/N=C\c1ccc([N+](=O)[O-])cc1)c1cccc(Cl)c1Cl. The Morgan fingerprint density at radius 2 is 1.89 bits per heavy atom. The number of nitro benzene ring substituents is 1. The van der Waals surface area contributed by atoms with Crippen LogP contribution in [0.25, 0.3) is 0 Å². The van der Waals surface area contributed by atoms with Gasteiger partial charge in [-0.2, -0.15) is 5.10 Å². The number of halogens is 2. The number of benzene rings is 2. The molecule has 0 heterocycles. The van der Waals surface area contributed by atoms with Crippen molar-refractivity contribution in [1.82, 2.24) is 5.43 Å². The van der Waals surface area contributed by atoms with Crippen LogP contribution in [0.5, 0.6) is 0 Å². The van der Waals surface area contributed by atoms with Crippen LogP contribution in [-0.2, 0) is 14.8 Å². The van der Waals surface area contributed by atoms with Crippen LogP contribution in [0.15, 0.2) is 47.6 Å². The fourth-order valence-corrected chi connectivity index (χ4v) is 3.40. The number of rotatable bonds is 7. The first-order valence-electron chi connectivity index (χ1n) is 7.57. The quantitative estimate of drug-likeness (QED) is 0.399. The maximum atomic E-state index is 12.1. The van der Waals surface area contributed by atoms with Crippen LogP contribution in [0.2, 0.25) is 10.0 Å². The summed E-state index contributed by atoms with van der Waals surface area (Å²) in [5, 5.41) is 14.5. The lowest BCUT2D eigenvalue weighted by atomic mass is 10.2. The number of hydrogen-bond donors (Lipinski definition) is 1. The molecule has 0 aromatic heterocycles. The fraction of sp³-hybridized carbons (Fsp3) is 0.125. The summed E-state index contributed by atoms with van der Waals surface area (Å²) in [6.45, 7) is -0.573. The van der Waals surface area contributed by atoms with E-state index >= 15 is 0 Å². The first-order chi connectivity index (χ1) is 13.1. The highest BCUT2D eigenvalue weighted by atomic mass is 35.5. The van der Waals surface area contributed by atoms with E-state index in [1.165, 1.54) is 48.7 Å². The Morgan fingerprint density at radius 1 is 1.25 bits per heavy atom. The first kappa shape index (κ1) is 21.6. The molecule has 0 radical (unpaired) electrons. The third-order valence-electron chi connectivity index (χ3n) is 3.39. The molecule has 0 bridgehead atoms. The molecule has 2 rings (SSSR count). The molecule has 1 N–H and O–H groups in total. The Kier molecular flexibility index (Phi) is 6.95. The number of carbonyl (C=O) groups excluding carboxylic acids is 1. The third kappa shape index (κ3) is 5.65. The van der Waals surface area contributed by atoms with Crippen LogP contribution >= 0.6 is 23.2 Å². The molecule has 148 valence electrons. The molecule has 0 fully saturated rings. The third-order valence-corrected chi connectivity index (χ3v) is 5.33. The van der Waals surface area contributed by atoms with Gasteiger partial charge < -0.3 is 0 Å². The van der Waals surface area contributed by atoms with E-state index in [1.807, 2.05) is 0 Å². The molecule has 0 aliphatic carbocycles. The van der Waals surface area contributed by atoms with Gasteiger partial charge in [0.1, 0.15) is 6.54 Å². The van der Waals surface area contributed by atoms with Gasteiger partial charge in [-0.05, 0) is 29.8 Å². The molecular weight excluding hydrogens is 431 g/mol. The van der Waals surface area contributed by atoms with Crippen molar-refractivity contribution in [2.24, 2.45) is 5.10 Å². The van der Waals surface area contributed by atoms with E-state index in [1.54, 1.807) is 0 Å². The summed E-state index contributed by atoms with van der Waals surface area (Å²) in [4.78, 5) is 22.2. The molecule has 2 aromatic carbocycles. The summed E-state index contributed by atoms with van der Waals surface area (Å²) in [5.74, 6) is -0.723. The summed E-state index contributed by atoms with van der Waals surface area (Å²) in [5.41, 5.74) is 2.67. The van der Waals surface area contributed by atoms with Gasteiger partial charge in [0.05, 0.1) is 33.1 Å². The topological polar surface area (TPSA) is 122 Å². The number of non-ortho nitro benzene ring substituents is 1. The second-order valence-corrected chi connectivity index (χ2v) is 8.18. The predicted octanol–water partition coefficient (Wildman–Crippen LogP) is 2.82. The molecule has 2 aromatic rings. The van der Waals surface area contributed by atoms with Crippen LogP contribution in [0, 0.1) is 10.1 Å². The fourth-order valence-electron chi connectivity index (χ4n) is 2.09. The monoisotopic (exact) mass is 444 g/mol. The molecule has 12 heteroatoms. The highest BCUT2D eigenvalue weighted by molar-refractivity contribution is 7.92. The molecular formula is C16H14Cl2N4O5S. The Morgan fingerprint density at radius 3 is 2.46 bits per heavy atom. The minimum absolute atomic E-state index is 0.00299. The van der Waals surface area contributed by atoms with Gasteiger partial charge in [0.25, 0.3) is 11.6 Å². The van der Waals surface area contributed by atoms with Crippen molar-refractivity contribution < 1.29 is 18.1 Å². The predicted molar refractivity (Wildman–Crippen MR) is 107 cm³/mol. The molecule has 28 heavy (non-hydrogen) atoms. The highest BCUT2D eigenvalue weighted by Crippen LogP contribution is 2.33. The van der Waals surface area contributed by atoms with Crippen molar-refractivity contribution >= 4 is 56.7 Å². The average molecular weight is 445 g/mol. The number of nitro groups is 1. The summed E-state index contributed by atoms with van der Waals surface area (Å²) in [6, 6.07) is 9.88. The van der Waals surface area contributed by atoms with Crippen LogP contribution in [0.1, 0.15) is 5.56 Å². The van der Waals surface area contributed by atoms with Crippen LogP contribution in [-0.4, -0.2) is 38.3 Å². The highest BCUT2D eigenvalue weighted by Gasteiger charge is 2.23. The van der Waals surface area contributed by atoms with Crippen molar-refractivity contribution in [2.75, 3.05) is 17.1 Å². The number of anilines is 1. The van der Waals surface area contributed by atoms with Crippen molar-refractivity contribution in [3.63, 3.8) is 0 Å². The number of amides is 1. The van der Waals surface area contributed by atoms with Gasteiger partial charge >= 0.3 is 0 Å². The van der Waals surface area contributed by atoms with E-state index in [4.69, 9.17) is 23.2 Å². The average Bonchev–Trinajstić information content (AvgIpc) is 2.62. The van der Waals surface area contributed by atoms with Gasteiger partial charge in [-0.3, -0.25) is 19.2 Å². The number of hydrogen-bond acceptors (Lipinski definition) is 6. The number of nitrogens with zero attached hydrogens (tertiary/aromatic N) is 3. The van der Waals surface area contributed by atoms with Crippen LogP contribution < -0.4 is 9.73 Å². The zero-order valence-electron chi connectivity index (χ0n) is 14.4. The van der Waals surface area contributed by atoms with Crippen molar-refractivity contribution in [1.29, 1.82) is 0 Å². The van der Waals surface area contributed by atoms with Crippen molar-refractivity contribution in [2.45, 2.75) is 0 Å². The van der Waals surface area contributed by atoms with Gasteiger partial charge in [-0.15, -0.1) is 0 Å². The molecule has 0 unspecified atom stereocenters. The summed E-state index contributed by atoms with van der Waals surface area (Å²) in [6.07, 6.45) is 2.19. The maximum absolute atomic E-state index is 12.1.